The van der Waals surface area contributed by atoms with Crippen molar-refractivity contribution in [3.05, 3.63) is 121 Å². The van der Waals surface area contributed by atoms with Crippen LogP contribution >= 0.6 is 0 Å². The van der Waals surface area contributed by atoms with Crippen LogP contribution in [0.5, 0.6) is 0 Å². The van der Waals surface area contributed by atoms with Crippen LogP contribution in [0.1, 0.15) is 41.5 Å². The van der Waals surface area contributed by atoms with Gasteiger partial charge in [-0.25, -0.2) is 0 Å². The number of ether oxygens (including phenoxy) is 1. The molecule has 7 nitrogen and oxygen atoms in total. The van der Waals surface area contributed by atoms with Crippen molar-refractivity contribution in [2.45, 2.75) is 82.3 Å². The molecule has 1 fully saturated rings. The largest absolute Gasteiger partial charge is 0.412 e. The molecular weight excluding hydrogens is 625 g/mol. The molecule has 0 amide bonds. The molecule has 9 heteroatoms. The van der Waals surface area contributed by atoms with E-state index < -0.39 is 59.0 Å². The number of rotatable bonds is 9. The van der Waals surface area contributed by atoms with E-state index in [1.807, 2.05) is 72.8 Å². The number of aliphatic hydroxyl groups excluding tert-OH is 3. The first kappa shape index (κ1) is 36.9. The molecule has 5 rings (SSSR count). The summed E-state index contributed by atoms with van der Waals surface area (Å²) >= 11 is 0. The molecule has 1 heterocycles. The van der Waals surface area contributed by atoms with E-state index in [-0.39, 0.29) is 10.5 Å². The van der Waals surface area contributed by atoms with Crippen LogP contribution in [0.4, 0.5) is 0 Å². The van der Waals surface area contributed by atoms with E-state index in [9.17, 15) is 15.3 Å². The van der Waals surface area contributed by atoms with Gasteiger partial charge in [0.1, 0.15) is 24.4 Å². The van der Waals surface area contributed by atoms with Crippen molar-refractivity contribution in [2.75, 3.05) is 6.61 Å². The summed E-state index contributed by atoms with van der Waals surface area (Å²) in [5.74, 6) is 0. The molecule has 1 aliphatic rings. The zero-order chi connectivity index (χ0) is 33.2. The van der Waals surface area contributed by atoms with Crippen LogP contribution in [-0.2, 0) is 13.6 Å². The van der Waals surface area contributed by atoms with Gasteiger partial charge in [-0.2, -0.15) is 0 Å². The highest BCUT2D eigenvalue weighted by Crippen LogP contribution is 2.42. The Hall–Kier alpha value is -2.97. The Morgan fingerprint density at radius 1 is 0.553 bits per heavy atom. The number of aliphatic hydroxyl groups is 3. The van der Waals surface area contributed by atoms with Crippen LogP contribution < -0.4 is 20.7 Å². The highest BCUT2D eigenvalue weighted by atomic mass is 28.4. The smallest absolute Gasteiger partial charge is 0.261 e. The summed E-state index contributed by atoms with van der Waals surface area (Å²) in [7, 11) is -6.40. The first-order valence-corrected chi connectivity index (χ1v) is 19.9. The molecule has 47 heavy (non-hydrogen) atoms. The lowest BCUT2D eigenvalue weighted by atomic mass is 9.99. The molecule has 0 spiro atoms. The monoisotopic (exact) mass is 674 g/mol. The Bertz CT molecular complexity index is 1450. The quantitative estimate of drug-likeness (QED) is 0.235. The summed E-state index contributed by atoms with van der Waals surface area (Å²) in [6, 6.07) is 40.5. The third-order valence-corrected chi connectivity index (χ3v) is 19.3. The van der Waals surface area contributed by atoms with Crippen molar-refractivity contribution in [2.24, 2.45) is 0 Å². The minimum absolute atomic E-state index is 0. The summed E-state index contributed by atoms with van der Waals surface area (Å²) in [5, 5.41) is 37.8. The number of benzene rings is 4. The molecular formula is C38H50O7Si2. The molecule has 0 unspecified atom stereocenters. The highest BCUT2D eigenvalue weighted by molar-refractivity contribution is 7.00. The lowest BCUT2D eigenvalue weighted by Gasteiger charge is -2.52. The maximum Gasteiger partial charge on any atom is 0.261 e. The van der Waals surface area contributed by atoms with Crippen molar-refractivity contribution in [3.63, 3.8) is 0 Å². The predicted molar refractivity (Wildman–Crippen MR) is 193 cm³/mol. The van der Waals surface area contributed by atoms with Crippen molar-refractivity contribution in [1.82, 2.24) is 0 Å². The molecule has 0 radical (unpaired) electrons. The zero-order valence-corrected chi connectivity index (χ0v) is 30.2. The average molecular weight is 675 g/mol. The second-order valence-electron chi connectivity index (χ2n) is 14.2. The molecule has 5 N–H and O–H groups in total. The Labute approximate surface area is 281 Å². The van der Waals surface area contributed by atoms with Gasteiger partial charge in [0.15, 0.2) is 6.29 Å². The molecule has 0 saturated carbocycles. The number of hydrogen-bond donors (Lipinski definition) is 3. The summed E-state index contributed by atoms with van der Waals surface area (Å²) < 4.78 is 20.7. The van der Waals surface area contributed by atoms with E-state index in [0.29, 0.717) is 0 Å². The van der Waals surface area contributed by atoms with Crippen molar-refractivity contribution >= 4 is 37.4 Å². The van der Waals surface area contributed by atoms with Crippen LogP contribution in [0.2, 0.25) is 10.1 Å². The molecule has 0 bridgehead atoms. The van der Waals surface area contributed by atoms with Gasteiger partial charge in [0.2, 0.25) is 0 Å². The predicted octanol–water partition coefficient (Wildman–Crippen LogP) is 3.12. The van der Waals surface area contributed by atoms with Crippen molar-refractivity contribution < 1.29 is 34.4 Å². The zero-order valence-electron chi connectivity index (χ0n) is 28.2. The lowest BCUT2D eigenvalue weighted by molar-refractivity contribution is -0.279. The Morgan fingerprint density at radius 3 is 1.13 bits per heavy atom. The summed E-state index contributed by atoms with van der Waals surface area (Å²) in [5.41, 5.74) is 0. The Kier molecular flexibility index (Phi) is 11.5. The first-order valence-electron chi connectivity index (χ1n) is 16.1. The summed E-state index contributed by atoms with van der Waals surface area (Å²) in [6.45, 7) is 12.5. The van der Waals surface area contributed by atoms with E-state index in [1.54, 1.807) is 0 Å². The fourth-order valence-electron chi connectivity index (χ4n) is 7.12. The Balaban J connectivity index is 0.00000500. The van der Waals surface area contributed by atoms with Crippen LogP contribution in [0.3, 0.4) is 0 Å². The SMILES string of the molecule is CC(C)(C)[Si](O[C@@H]1[C@@H](O)[C@H](O[Si](c2ccccc2)(c2ccccc2)C(C)(C)C)[C@@H](CO)O[C@H]1O)(c1ccccc1)c1ccccc1.O. The van der Waals surface area contributed by atoms with Crippen LogP contribution in [-0.4, -0.2) is 74.7 Å². The minimum atomic E-state index is -3.21. The normalized spacial score (nSPS) is 22.4. The van der Waals surface area contributed by atoms with Gasteiger partial charge in [0.25, 0.3) is 16.6 Å². The van der Waals surface area contributed by atoms with E-state index in [1.165, 1.54) is 0 Å². The van der Waals surface area contributed by atoms with Gasteiger partial charge < -0.3 is 34.4 Å². The highest BCUT2D eigenvalue weighted by Gasteiger charge is 2.59. The second kappa shape index (κ2) is 14.7. The van der Waals surface area contributed by atoms with Gasteiger partial charge in [-0.3, -0.25) is 0 Å². The molecule has 1 aliphatic heterocycles. The fraction of sp³-hybridized carbons (Fsp3) is 0.368. The molecule has 252 valence electrons. The van der Waals surface area contributed by atoms with Crippen LogP contribution in [0.25, 0.3) is 0 Å². The third-order valence-electron chi connectivity index (χ3n) is 9.27. The molecule has 4 aromatic carbocycles. The molecule has 0 aliphatic carbocycles. The van der Waals surface area contributed by atoms with Gasteiger partial charge in [-0.05, 0) is 30.8 Å². The molecule has 5 atom stereocenters. The maximum absolute atomic E-state index is 12.4. The lowest BCUT2D eigenvalue weighted by Crippen LogP contribution is -2.74. The topological polar surface area (TPSA) is 120 Å². The van der Waals surface area contributed by atoms with Gasteiger partial charge in [0.05, 0.1) is 6.61 Å². The molecule has 1 saturated heterocycles. The first-order chi connectivity index (χ1) is 21.9. The Morgan fingerprint density at radius 2 is 0.851 bits per heavy atom. The van der Waals surface area contributed by atoms with Gasteiger partial charge in [-0.15, -0.1) is 0 Å². The molecule has 0 aromatic heterocycles. The van der Waals surface area contributed by atoms with E-state index in [2.05, 4.69) is 90.1 Å². The van der Waals surface area contributed by atoms with Crippen LogP contribution in [0.15, 0.2) is 121 Å². The summed E-state index contributed by atoms with van der Waals surface area (Å²) in [4.78, 5) is 0. The standard InChI is InChI=1S/C38H48O6Si2.H2O/c1-37(2,3)45(28-19-11-7-12-20-28,29-21-13-8-14-22-29)43-34-32(27-39)42-36(41)35(33(34)40)44-46(38(4,5)6,30-23-15-9-16-24-30)31-25-17-10-18-26-31;/h7-26,32-36,39-41H,27H2,1-6H3;1H2/t32-,33+,34-,35-,36-;/m1./s1. The number of hydrogen-bond acceptors (Lipinski definition) is 6. The van der Waals surface area contributed by atoms with Crippen LogP contribution in [0, 0.1) is 0 Å². The van der Waals surface area contributed by atoms with Gasteiger partial charge in [-0.1, -0.05) is 163 Å². The minimum Gasteiger partial charge on any atom is -0.412 e. The average Bonchev–Trinajstić information content (AvgIpc) is 3.05. The van der Waals surface area contributed by atoms with E-state index in [4.69, 9.17) is 13.6 Å². The van der Waals surface area contributed by atoms with Gasteiger partial charge >= 0.3 is 0 Å². The van der Waals surface area contributed by atoms with E-state index in [0.717, 1.165) is 20.7 Å². The third kappa shape index (κ3) is 6.83. The van der Waals surface area contributed by atoms with Crippen molar-refractivity contribution in [3.8, 4) is 0 Å². The molecule has 4 aromatic rings. The summed E-state index contributed by atoms with van der Waals surface area (Å²) in [6.07, 6.45) is -5.94. The maximum atomic E-state index is 12.4. The fourth-order valence-corrected chi connectivity index (χ4v) is 16.5. The second-order valence-corrected chi connectivity index (χ2v) is 22.7. The van der Waals surface area contributed by atoms with Gasteiger partial charge in [0, 0.05) is 0 Å². The van der Waals surface area contributed by atoms with E-state index >= 15 is 0 Å². The van der Waals surface area contributed by atoms with Crippen molar-refractivity contribution in [1.29, 1.82) is 0 Å².